The molecule has 0 saturated carbocycles. The number of hydrogen-bond acceptors (Lipinski definition) is 12. The van der Waals surface area contributed by atoms with E-state index in [9.17, 15) is 0 Å². The van der Waals surface area contributed by atoms with Gasteiger partial charge in [0.25, 0.3) is 0 Å². The van der Waals surface area contributed by atoms with Crippen LogP contribution in [0.1, 0.15) is 0 Å². The van der Waals surface area contributed by atoms with Crippen molar-refractivity contribution in [1.82, 2.24) is 0 Å². The van der Waals surface area contributed by atoms with Gasteiger partial charge in [-0.15, -0.1) is 0 Å². The Morgan fingerprint density at radius 2 is 0.296 bits per heavy atom. The molecule has 0 amide bonds. The van der Waals surface area contributed by atoms with E-state index in [1.165, 1.54) is 0 Å². The van der Waals surface area contributed by atoms with E-state index in [-0.39, 0.29) is 88.9 Å². The zero-order valence-corrected chi connectivity index (χ0v) is 16.5. The van der Waals surface area contributed by atoms with Crippen LogP contribution in [-0.2, 0) is 65.3 Å². The predicted molar refractivity (Wildman–Crippen MR) is 67.6 cm³/mol. The third-order valence-corrected chi connectivity index (χ3v) is 0. The molecule has 0 bridgehead atoms. The molecular formula is H20Fe2O22S3. The summed E-state index contributed by atoms with van der Waals surface area (Å²) in [5, 5.41) is 0. The summed E-state index contributed by atoms with van der Waals surface area (Å²) in [4.78, 5) is 0. The van der Waals surface area contributed by atoms with Crippen molar-refractivity contribution in [3.8, 4) is 0 Å². The van der Waals surface area contributed by atoms with Crippen molar-refractivity contribution in [2.45, 2.75) is 0 Å². The van der Waals surface area contributed by atoms with Gasteiger partial charge in [0, 0.05) is 31.2 Å². The van der Waals surface area contributed by atoms with Crippen LogP contribution in [0.25, 0.3) is 0 Å². The van der Waals surface area contributed by atoms with Crippen LogP contribution in [0, 0.1) is 0 Å². The summed E-state index contributed by atoms with van der Waals surface area (Å²) in [6, 6.07) is 0. The monoisotopic (exact) mass is 580 g/mol. The maximum atomic E-state index is 8.52. The maximum absolute atomic E-state index is 8.52. The van der Waals surface area contributed by atoms with E-state index in [4.69, 9.17) is 52.6 Å². The minimum absolute atomic E-state index is 0. The molecule has 0 spiro atoms. The molecule has 20 N–H and O–H groups in total. The molecule has 0 unspecified atom stereocenters. The number of hydrogen-bond donors (Lipinski definition) is 0. The van der Waals surface area contributed by atoms with E-state index in [2.05, 4.69) is 0 Å². The first-order valence-corrected chi connectivity index (χ1v) is 6.00. The summed E-state index contributed by atoms with van der Waals surface area (Å²) < 4.78 is 102. The smallest absolute Gasteiger partial charge is 0.759 e. The van der Waals surface area contributed by atoms with Crippen molar-refractivity contribution in [2.24, 2.45) is 0 Å². The van der Waals surface area contributed by atoms with Gasteiger partial charge in [-0.1, -0.05) is 0 Å². The molecule has 0 aromatic carbocycles. The molecule has 186 valence electrons. The molecular weight excluding hydrogens is 560 g/mol. The zero-order valence-electron chi connectivity index (χ0n) is 11.8. The van der Waals surface area contributed by atoms with E-state index in [1.54, 1.807) is 0 Å². The summed E-state index contributed by atoms with van der Waals surface area (Å²) in [5.74, 6) is 0. The Morgan fingerprint density at radius 1 is 0.296 bits per heavy atom. The minimum atomic E-state index is -5.17. The van der Waals surface area contributed by atoms with Crippen LogP contribution in [-0.4, -0.2) is 107 Å². The second-order valence-electron chi connectivity index (χ2n) is 1.22. The van der Waals surface area contributed by atoms with E-state index in [0.717, 1.165) is 0 Å². The minimum Gasteiger partial charge on any atom is -0.759 e. The fourth-order valence-electron chi connectivity index (χ4n) is 0. The van der Waals surface area contributed by atoms with E-state index in [1.807, 2.05) is 0 Å². The summed E-state index contributed by atoms with van der Waals surface area (Å²) in [6.45, 7) is 0. The predicted octanol–water partition coefficient (Wildman–Crippen LogP) is -12.3. The number of rotatable bonds is 0. The molecule has 22 nitrogen and oxygen atoms in total. The van der Waals surface area contributed by atoms with Crippen molar-refractivity contribution in [2.75, 3.05) is 0 Å². The second kappa shape index (κ2) is 50.2. The quantitative estimate of drug-likeness (QED) is 0.146. The SMILES string of the molecule is O.O.O.O.O.O.O.O.O.O.O=S(=O)([O-])[O-].O=S(=O)([O-])[O-].O=S(=O)([O-])[O-].[Fe+3].[Fe+3]. The van der Waals surface area contributed by atoms with Gasteiger partial charge >= 0.3 is 34.1 Å². The van der Waals surface area contributed by atoms with E-state index in [0.29, 0.717) is 0 Å². The van der Waals surface area contributed by atoms with Crippen LogP contribution in [0.2, 0.25) is 0 Å². The fraction of sp³-hybridized carbons (Fsp3) is 0. The Morgan fingerprint density at radius 3 is 0.296 bits per heavy atom. The Labute approximate surface area is 172 Å². The van der Waals surface area contributed by atoms with Crippen molar-refractivity contribution >= 4 is 31.2 Å². The van der Waals surface area contributed by atoms with Crippen LogP contribution in [0.15, 0.2) is 0 Å². The molecule has 0 aliphatic carbocycles. The van der Waals surface area contributed by atoms with E-state index >= 15 is 0 Å². The normalized spacial score (nSPS) is 6.44. The molecule has 0 aliphatic heterocycles. The average molecular weight is 580 g/mol. The van der Waals surface area contributed by atoms with Crippen molar-refractivity contribution in [3.63, 3.8) is 0 Å². The Kier molecular flexibility index (Phi) is 233. The molecule has 27 heteroatoms. The largest absolute Gasteiger partial charge is 3.00 e. The molecule has 0 aromatic rings. The van der Waals surface area contributed by atoms with Gasteiger partial charge < -0.3 is 82.1 Å². The summed E-state index contributed by atoms with van der Waals surface area (Å²) >= 11 is 0. The summed E-state index contributed by atoms with van der Waals surface area (Å²) in [6.07, 6.45) is 0. The van der Waals surface area contributed by atoms with Gasteiger partial charge in [0.1, 0.15) is 0 Å². The van der Waals surface area contributed by atoms with Crippen molar-refractivity contribution < 1.29 is 141 Å². The van der Waals surface area contributed by atoms with Crippen LogP contribution in [0.3, 0.4) is 0 Å². The van der Waals surface area contributed by atoms with Gasteiger partial charge in [0.15, 0.2) is 0 Å². The van der Waals surface area contributed by atoms with Crippen LogP contribution in [0.4, 0.5) is 0 Å². The Hall–Kier alpha value is 0.249. The van der Waals surface area contributed by atoms with Crippen LogP contribution in [0.5, 0.6) is 0 Å². The molecule has 0 heterocycles. The molecule has 27 heavy (non-hydrogen) atoms. The first-order chi connectivity index (χ1) is 6.00. The molecule has 0 aliphatic rings. The molecule has 2 radical (unpaired) electrons. The third-order valence-electron chi connectivity index (χ3n) is 0. The van der Waals surface area contributed by atoms with Gasteiger partial charge in [-0.25, -0.2) is 0 Å². The third kappa shape index (κ3) is 249000. The van der Waals surface area contributed by atoms with Crippen LogP contribution < -0.4 is 0 Å². The maximum Gasteiger partial charge on any atom is 3.00 e. The molecule has 0 rings (SSSR count). The standard InChI is InChI=1S/2Fe.3H2O4S.10H2O/c;;3*1-5(2,3)4;;;;;;;;;;/h;;3*(H2,1,2,3,4);10*1H2/q2*+3;;;;;;;;;;;;;/p-6. The molecule has 0 fully saturated rings. The van der Waals surface area contributed by atoms with Crippen molar-refractivity contribution in [1.29, 1.82) is 0 Å². The first kappa shape index (κ1) is 125. The van der Waals surface area contributed by atoms with Gasteiger partial charge in [-0.05, 0) is 0 Å². The average Bonchev–Trinajstić information content (AvgIpc) is 1.41. The Balaban J connectivity index is -0.00000000503. The fourth-order valence-corrected chi connectivity index (χ4v) is 0. The van der Waals surface area contributed by atoms with E-state index < -0.39 is 31.2 Å². The topological polar surface area (TPSA) is 556 Å². The van der Waals surface area contributed by atoms with Gasteiger partial charge in [0.2, 0.25) is 0 Å². The molecule has 0 saturated heterocycles. The van der Waals surface area contributed by atoms with Gasteiger partial charge in [0.05, 0.1) is 0 Å². The zero-order chi connectivity index (χ0) is 13.5. The second-order valence-corrected chi connectivity index (χ2v) is 3.67. The molecule has 0 atom stereocenters. The summed E-state index contributed by atoms with van der Waals surface area (Å²) in [5.41, 5.74) is 0. The Bertz CT molecular complexity index is 344. The molecule has 0 aromatic heterocycles. The first-order valence-electron chi connectivity index (χ1n) is 2.00. The summed E-state index contributed by atoms with van der Waals surface area (Å²) in [7, 11) is -15.5. The van der Waals surface area contributed by atoms with Crippen molar-refractivity contribution in [3.05, 3.63) is 0 Å². The van der Waals surface area contributed by atoms with Crippen LogP contribution >= 0.6 is 0 Å². The van der Waals surface area contributed by atoms with Gasteiger partial charge in [-0.3, -0.25) is 25.3 Å². The van der Waals surface area contributed by atoms with Gasteiger partial charge in [-0.2, -0.15) is 0 Å².